The van der Waals surface area contributed by atoms with Crippen molar-refractivity contribution in [1.29, 1.82) is 0 Å². The second-order valence-electron chi connectivity index (χ2n) is 3.64. The van der Waals surface area contributed by atoms with Crippen LogP contribution in [0.2, 0.25) is 0 Å². The van der Waals surface area contributed by atoms with E-state index in [1.807, 2.05) is 6.08 Å². The van der Waals surface area contributed by atoms with Crippen molar-refractivity contribution in [3.63, 3.8) is 0 Å². The first-order valence-corrected chi connectivity index (χ1v) is 5.25. The second-order valence-corrected chi connectivity index (χ2v) is 3.64. The van der Waals surface area contributed by atoms with Gasteiger partial charge in [0, 0.05) is 23.0 Å². The second kappa shape index (κ2) is 8.84. The van der Waals surface area contributed by atoms with Gasteiger partial charge in [0.05, 0.1) is 0 Å². The van der Waals surface area contributed by atoms with Gasteiger partial charge in [-0.15, -0.1) is 6.58 Å². The summed E-state index contributed by atoms with van der Waals surface area (Å²) in [6, 6.07) is 0. The molecule has 0 aromatic rings. The SMILES string of the molecule is C1CCCC1.C=C[C]1[CH]CCC1.[Fe]. The molecule has 0 N–H and O–H groups in total. The van der Waals surface area contributed by atoms with Crippen LogP contribution >= 0.6 is 0 Å². The first-order chi connectivity index (χ1) is 5.93. The van der Waals surface area contributed by atoms with E-state index in [1.165, 1.54) is 57.3 Å². The van der Waals surface area contributed by atoms with Gasteiger partial charge in [-0.05, 0) is 19.3 Å². The van der Waals surface area contributed by atoms with Crippen molar-refractivity contribution in [3.8, 4) is 0 Å². The molecule has 0 atom stereocenters. The molecule has 2 aliphatic carbocycles. The Morgan fingerprint density at radius 2 is 1.54 bits per heavy atom. The minimum atomic E-state index is 0. The maximum absolute atomic E-state index is 3.67. The normalized spacial score (nSPS) is 21.5. The topological polar surface area (TPSA) is 0 Å². The van der Waals surface area contributed by atoms with Crippen molar-refractivity contribution in [2.24, 2.45) is 0 Å². The van der Waals surface area contributed by atoms with Crippen molar-refractivity contribution in [2.75, 3.05) is 0 Å². The largest absolute Gasteiger partial charge is 0.102 e. The van der Waals surface area contributed by atoms with E-state index < -0.39 is 0 Å². The van der Waals surface area contributed by atoms with E-state index in [0.29, 0.717) is 0 Å². The average Bonchev–Trinajstić information content (AvgIpc) is 2.81. The molecule has 0 aromatic carbocycles. The third-order valence-corrected chi connectivity index (χ3v) is 2.59. The Kier molecular flexibility index (Phi) is 9.02. The third kappa shape index (κ3) is 6.35. The fraction of sp³-hybridized carbons (Fsp3) is 0.667. The van der Waals surface area contributed by atoms with Crippen LogP contribution in [0.1, 0.15) is 51.4 Å². The van der Waals surface area contributed by atoms with Crippen molar-refractivity contribution < 1.29 is 17.1 Å². The van der Waals surface area contributed by atoms with Gasteiger partial charge < -0.3 is 0 Å². The third-order valence-electron chi connectivity index (χ3n) is 2.59. The monoisotopic (exact) mass is 220 g/mol. The van der Waals surface area contributed by atoms with Crippen LogP contribution in [-0.2, 0) is 17.1 Å². The van der Waals surface area contributed by atoms with Gasteiger partial charge in [-0.2, -0.15) is 0 Å². The maximum Gasteiger partial charge on any atom is 0.000384 e. The Morgan fingerprint density at radius 3 is 1.77 bits per heavy atom. The van der Waals surface area contributed by atoms with Gasteiger partial charge in [-0.1, -0.05) is 44.6 Å². The van der Waals surface area contributed by atoms with Gasteiger partial charge in [0.2, 0.25) is 0 Å². The van der Waals surface area contributed by atoms with Gasteiger partial charge in [-0.25, -0.2) is 0 Å². The fourth-order valence-corrected chi connectivity index (χ4v) is 1.76. The van der Waals surface area contributed by atoms with Crippen LogP contribution in [0.3, 0.4) is 0 Å². The molecule has 0 unspecified atom stereocenters. The van der Waals surface area contributed by atoms with E-state index in [1.54, 1.807) is 0 Å². The van der Waals surface area contributed by atoms with Crippen molar-refractivity contribution in [1.82, 2.24) is 0 Å². The van der Waals surface area contributed by atoms with Crippen molar-refractivity contribution >= 4 is 0 Å². The van der Waals surface area contributed by atoms with E-state index >= 15 is 0 Å². The molecule has 2 rings (SSSR count). The standard InChI is InChI=1S/C7H10.C5H10.Fe/c1-2-7-5-3-4-6-7;1-2-4-5-3-1;/h2,5H,1,3-4,6H2;1-5H2;. The van der Waals surface area contributed by atoms with Crippen LogP contribution in [0.25, 0.3) is 0 Å². The first-order valence-electron chi connectivity index (χ1n) is 5.25. The van der Waals surface area contributed by atoms with Gasteiger partial charge in [0.15, 0.2) is 0 Å². The summed E-state index contributed by atoms with van der Waals surface area (Å²) >= 11 is 0. The number of hydrogen-bond donors (Lipinski definition) is 0. The number of hydrogen-bond acceptors (Lipinski definition) is 0. The zero-order chi connectivity index (χ0) is 8.65. The molecule has 0 amide bonds. The summed E-state index contributed by atoms with van der Waals surface area (Å²) in [4.78, 5) is 0. The Morgan fingerprint density at radius 1 is 1.00 bits per heavy atom. The summed E-state index contributed by atoms with van der Waals surface area (Å²) in [5.74, 6) is 1.43. The van der Waals surface area contributed by atoms with Crippen LogP contribution in [0.5, 0.6) is 0 Å². The molecule has 2 radical (unpaired) electrons. The van der Waals surface area contributed by atoms with E-state index in [0.717, 1.165) is 0 Å². The Bertz CT molecular complexity index is 103. The van der Waals surface area contributed by atoms with Crippen LogP contribution in [0, 0.1) is 12.3 Å². The van der Waals surface area contributed by atoms with Crippen LogP contribution < -0.4 is 0 Å². The average molecular weight is 220 g/mol. The van der Waals surface area contributed by atoms with Crippen LogP contribution in [0.4, 0.5) is 0 Å². The van der Waals surface area contributed by atoms with E-state index in [-0.39, 0.29) is 17.1 Å². The Labute approximate surface area is 93.7 Å². The maximum atomic E-state index is 3.67. The fourth-order valence-electron chi connectivity index (χ4n) is 1.76. The van der Waals surface area contributed by atoms with Crippen molar-refractivity contribution in [3.05, 3.63) is 25.0 Å². The predicted octanol–water partition coefficient (Wildman–Crippen LogP) is 4.08. The number of allylic oxidation sites excluding steroid dienone is 1. The number of rotatable bonds is 1. The molecule has 76 valence electrons. The van der Waals surface area contributed by atoms with E-state index in [2.05, 4.69) is 13.0 Å². The molecule has 0 aromatic heterocycles. The smallest absolute Gasteiger partial charge is 0.000384 e. The molecule has 13 heavy (non-hydrogen) atoms. The molecular formula is C12H20Fe. The molecule has 2 fully saturated rings. The molecule has 1 heteroatoms. The quantitative estimate of drug-likeness (QED) is 0.584. The van der Waals surface area contributed by atoms with Gasteiger partial charge in [-0.3, -0.25) is 0 Å². The van der Waals surface area contributed by atoms with Crippen LogP contribution in [-0.4, -0.2) is 0 Å². The predicted molar refractivity (Wildman–Crippen MR) is 54.7 cm³/mol. The molecule has 0 heterocycles. The zero-order valence-electron chi connectivity index (χ0n) is 8.37. The molecule has 0 nitrogen and oxygen atoms in total. The molecule has 0 aliphatic heterocycles. The van der Waals surface area contributed by atoms with Crippen LogP contribution in [0.15, 0.2) is 12.7 Å². The summed E-state index contributed by atoms with van der Waals surface area (Å²) < 4.78 is 0. The minimum Gasteiger partial charge on any atom is -0.102 e. The first kappa shape index (κ1) is 13.3. The minimum absolute atomic E-state index is 0. The Balaban J connectivity index is 0.000000215. The molecule has 0 saturated heterocycles. The van der Waals surface area contributed by atoms with Crippen molar-refractivity contribution in [2.45, 2.75) is 51.4 Å². The molecule has 2 aliphatic rings. The van der Waals surface area contributed by atoms with E-state index in [4.69, 9.17) is 0 Å². The summed E-state index contributed by atoms with van der Waals surface area (Å²) in [7, 11) is 0. The van der Waals surface area contributed by atoms with E-state index in [9.17, 15) is 0 Å². The zero-order valence-corrected chi connectivity index (χ0v) is 9.48. The summed E-state index contributed by atoms with van der Waals surface area (Å²) in [5, 5.41) is 0. The summed E-state index contributed by atoms with van der Waals surface area (Å²) in [6.45, 7) is 3.67. The molecular weight excluding hydrogens is 200 g/mol. The van der Waals surface area contributed by atoms with Gasteiger partial charge in [0.25, 0.3) is 0 Å². The summed E-state index contributed by atoms with van der Waals surface area (Å²) in [5.41, 5.74) is 0. The molecule has 2 saturated carbocycles. The molecule has 0 bridgehead atoms. The van der Waals surface area contributed by atoms with Gasteiger partial charge >= 0.3 is 0 Å². The summed E-state index contributed by atoms with van der Waals surface area (Å²) in [6.07, 6.45) is 15.6. The van der Waals surface area contributed by atoms with Gasteiger partial charge in [0.1, 0.15) is 0 Å². The molecule has 0 spiro atoms. The Hall–Kier alpha value is 0.259.